The Morgan fingerprint density at radius 3 is 2.69 bits per heavy atom. The van der Waals surface area contributed by atoms with Crippen molar-refractivity contribution in [3.8, 4) is 5.69 Å². The molecule has 3 heteroatoms. The fraction of sp³-hybridized carbons (Fsp3) is 0.308. The van der Waals surface area contributed by atoms with Gasteiger partial charge < -0.3 is 0 Å². The van der Waals surface area contributed by atoms with Crippen molar-refractivity contribution in [1.29, 1.82) is 0 Å². The van der Waals surface area contributed by atoms with Crippen molar-refractivity contribution in [3.05, 3.63) is 51.4 Å². The van der Waals surface area contributed by atoms with E-state index in [2.05, 4.69) is 18.1 Å². The summed E-state index contributed by atoms with van der Waals surface area (Å²) in [5.74, 6) is 0. The Kier molecular flexibility index (Phi) is 2.69. The van der Waals surface area contributed by atoms with Gasteiger partial charge in [-0.15, -0.1) is 0 Å². The second-order valence-corrected chi connectivity index (χ2v) is 4.04. The van der Waals surface area contributed by atoms with Crippen molar-refractivity contribution in [2.75, 3.05) is 0 Å². The van der Waals surface area contributed by atoms with Gasteiger partial charge in [0.05, 0.1) is 5.69 Å². The SMILES string of the molecule is CCc1c(C)c(=O)[nH]n1-c1cccc(C)c1. The van der Waals surface area contributed by atoms with Crippen LogP contribution >= 0.6 is 0 Å². The van der Waals surface area contributed by atoms with Crippen LogP contribution in [0.3, 0.4) is 0 Å². The Bertz CT molecular complexity index is 564. The summed E-state index contributed by atoms with van der Waals surface area (Å²) in [5.41, 5.74) is 4.06. The molecule has 0 radical (unpaired) electrons. The average molecular weight is 216 g/mol. The molecule has 0 saturated heterocycles. The van der Waals surface area contributed by atoms with Gasteiger partial charge in [-0.2, -0.15) is 0 Å². The Hall–Kier alpha value is -1.77. The van der Waals surface area contributed by atoms with Crippen LogP contribution in [0.2, 0.25) is 0 Å². The molecular weight excluding hydrogens is 200 g/mol. The number of hydrogen-bond donors (Lipinski definition) is 1. The summed E-state index contributed by atoms with van der Waals surface area (Å²) >= 11 is 0. The van der Waals surface area contributed by atoms with E-state index < -0.39 is 0 Å². The molecule has 0 aliphatic heterocycles. The summed E-state index contributed by atoms with van der Waals surface area (Å²) in [6.07, 6.45) is 0.846. The fourth-order valence-electron chi connectivity index (χ4n) is 1.96. The molecule has 0 spiro atoms. The summed E-state index contributed by atoms with van der Waals surface area (Å²) in [6, 6.07) is 8.11. The van der Waals surface area contributed by atoms with Crippen LogP contribution in [0.5, 0.6) is 0 Å². The lowest BCUT2D eigenvalue weighted by molar-refractivity contribution is 0.803. The fourth-order valence-corrected chi connectivity index (χ4v) is 1.96. The molecule has 3 nitrogen and oxygen atoms in total. The van der Waals surface area contributed by atoms with Crippen LogP contribution in [0.25, 0.3) is 5.69 Å². The number of nitrogens with one attached hydrogen (secondary N) is 1. The van der Waals surface area contributed by atoms with Crippen LogP contribution < -0.4 is 5.56 Å². The zero-order valence-electron chi connectivity index (χ0n) is 9.87. The predicted octanol–water partition coefficient (Wildman–Crippen LogP) is 2.34. The summed E-state index contributed by atoms with van der Waals surface area (Å²) in [7, 11) is 0. The van der Waals surface area contributed by atoms with Gasteiger partial charge in [0, 0.05) is 11.3 Å². The van der Waals surface area contributed by atoms with Crippen molar-refractivity contribution < 1.29 is 0 Å². The molecule has 1 heterocycles. The summed E-state index contributed by atoms with van der Waals surface area (Å²) in [4.78, 5) is 11.6. The third-order valence-corrected chi connectivity index (χ3v) is 2.85. The Balaban J connectivity index is 2.64. The maximum absolute atomic E-state index is 11.6. The maximum Gasteiger partial charge on any atom is 0.267 e. The van der Waals surface area contributed by atoms with Crippen LogP contribution in [-0.4, -0.2) is 9.78 Å². The average Bonchev–Trinajstić information content (AvgIpc) is 2.55. The molecule has 0 aliphatic rings. The number of H-pyrrole nitrogens is 1. The molecule has 0 fully saturated rings. The molecule has 16 heavy (non-hydrogen) atoms. The Morgan fingerprint density at radius 2 is 2.06 bits per heavy atom. The van der Waals surface area contributed by atoms with E-state index in [-0.39, 0.29) is 5.56 Å². The highest BCUT2D eigenvalue weighted by molar-refractivity contribution is 5.37. The quantitative estimate of drug-likeness (QED) is 0.822. The molecule has 0 atom stereocenters. The van der Waals surface area contributed by atoms with E-state index in [1.807, 2.05) is 36.7 Å². The van der Waals surface area contributed by atoms with E-state index in [1.54, 1.807) is 0 Å². The third-order valence-electron chi connectivity index (χ3n) is 2.85. The molecule has 0 unspecified atom stereocenters. The molecule has 1 aromatic carbocycles. The summed E-state index contributed by atoms with van der Waals surface area (Å²) < 4.78 is 1.88. The number of benzene rings is 1. The van der Waals surface area contributed by atoms with Crippen LogP contribution in [-0.2, 0) is 6.42 Å². The summed E-state index contributed by atoms with van der Waals surface area (Å²) in [6.45, 7) is 5.97. The number of aryl methyl sites for hydroxylation is 1. The van der Waals surface area contributed by atoms with E-state index in [0.29, 0.717) is 0 Å². The normalized spacial score (nSPS) is 10.7. The van der Waals surface area contributed by atoms with Gasteiger partial charge in [0.1, 0.15) is 0 Å². The second kappa shape index (κ2) is 4.00. The molecule has 0 aliphatic carbocycles. The van der Waals surface area contributed by atoms with Crippen LogP contribution in [0, 0.1) is 13.8 Å². The largest absolute Gasteiger partial charge is 0.268 e. The lowest BCUT2D eigenvalue weighted by atomic mass is 10.2. The minimum absolute atomic E-state index is 0.00152. The number of aromatic amines is 1. The molecule has 0 amide bonds. The van der Waals surface area contributed by atoms with E-state index in [4.69, 9.17) is 0 Å². The molecule has 2 rings (SSSR count). The Labute approximate surface area is 94.7 Å². The first-order valence-electron chi connectivity index (χ1n) is 5.51. The van der Waals surface area contributed by atoms with Crippen molar-refractivity contribution in [2.45, 2.75) is 27.2 Å². The lowest BCUT2D eigenvalue weighted by Crippen LogP contribution is -2.05. The van der Waals surface area contributed by atoms with Crippen molar-refractivity contribution in [1.82, 2.24) is 9.78 Å². The second-order valence-electron chi connectivity index (χ2n) is 4.04. The van der Waals surface area contributed by atoms with Gasteiger partial charge in [-0.3, -0.25) is 14.6 Å². The lowest BCUT2D eigenvalue weighted by Gasteiger charge is -2.08. The smallest absolute Gasteiger partial charge is 0.267 e. The molecule has 0 saturated carbocycles. The van der Waals surface area contributed by atoms with Gasteiger partial charge in [-0.25, -0.2) is 0 Å². The van der Waals surface area contributed by atoms with Crippen LogP contribution in [0.4, 0.5) is 0 Å². The Morgan fingerprint density at radius 1 is 1.31 bits per heavy atom. The molecule has 84 valence electrons. The number of hydrogen-bond acceptors (Lipinski definition) is 1. The first-order chi connectivity index (χ1) is 7.63. The van der Waals surface area contributed by atoms with Crippen LogP contribution in [0.1, 0.15) is 23.7 Å². The monoisotopic (exact) mass is 216 g/mol. The molecule has 0 bridgehead atoms. The molecule has 2 aromatic rings. The zero-order valence-corrected chi connectivity index (χ0v) is 9.87. The van der Waals surface area contributed by atoms with E-state index in [9.17, 15) is 4.79 Å². The van der Waals surface area contributed by atoms with Crippen LogP contribution in [0.15, 0.2) is 29.1 Å². The van der Waals surface area contributed by atoms with Gasteiger partial charge >= 0.3 is 0 Å². The first-order valence-corrected chi connectivity index (χ1v) is 5.51. The highest BCUT2D eigenvalue weighted by Crippen LogP contribution is 2.13. The van der Waals surface area contributed by atoms with E-state index in [0.717, 1.165) is 23.4 Å². The number of nitrogens with zero attached hydrogens (tertiary/aromatic N) is 1. The predicted molar refractivity (Wildman–Crippen MR) is 65.2 cm³/mol. The highest BCUT2D eigenvalue weighted by Gasteiger charge is 2.09. The number of rotatable bonds is 2. The standard InChI is InChI=1S/C13H16N2O/c1-4-12-10(3)13(16)14-15(12)11-7-5-6-9(2)8-11/h5-8H,4H2,1-3H3,(H,14,16). The van der Waals surface area contributed by atoms with Gasteiger partial charge in [0.25, 0.3) is 5.56 Å². The van der Waals surface area contributed by atoms with Crippen molar-refractivity contribution >= 4 is 0 Å². The minimum Gasteiger partial charge on any atom is -0.268 e. The number of aromatic nitrogens is 2. The van der Waals surface area contributed by atoms with Gasteiger partial charge in [0.2, 0.25) is 0 Å². The summed E-state index contributed by atoms with van der Waals surface area (Å²) in [5, 5.41) is 2.87. The molecular formula is C13H16N2O. The van der Waals surface area contributed by atoms with E-state index in [1.165, 1.54) is 5.56 Å². The topological polar surface area (TPSA) is 37.8 Å². The van der Waals surface area contributed by atoms with Gasteiger partial charge in [0.15, 0.2) is 0 Å². The molecule has 1 N–H and O–H groups in total. The first kappa shape index (κ1) is 10.7. The highest BCUT2D eigenvalue weighted by atomic mass is 16.1. The molecule has 1 aromatic heterocycles. The van der Waals surface area contributed by atoms with Crippen molar-refractivity contribution in [3.63, 3.8) is 0 Å². The van der Waals surface area contributed by atoms with Gasteiger partial charge in [-0.1, -0.05) is 19.1 Å². The maximum atomic E-state index is 11.6. The van der Waals surface area contributed by atoms with Gasteiger partial charge in [-0.05, 0) is 38.0 Å². The van der Waals surface area contributed by atoms with Crippen molar-refractivity contribution in [2.24, 2.45) is 0 Å². The van der Waals surface area contributed by atoms with E-state index >= 15 is 0 Å². The minimum atomic E-state index is -0.00152. The zero-order chi connectivity index (χ0) is 11.7. The third kappa shape index (κ3) is 1.69.